The van der Waals surface area contributed by atoms with Gasteiger partial charge in [0.15, 0.2) is 5.16 Å². The summed E-state index contributed by atoms with van der Waals surface area (Å²) in [5.74, 6) is -0.170. The number of thioether (sulfide) groups is 1. The molecule has 0 aliphatic heterocycles. The lowest BCUT2D eigenvalue weighted by molar-refractivity contribution is -0.115. The highest BCUT2D eigenvalue weighted by molar-refractivity contribution is 8.00. The molecule has 2 N–H and O–H groups in total. The third kappa shape index (κ3) is 4.16. The Kier molecular flexibility index (Phi) is 5.25. The minimum absolute atomic E-state index is 0.170. The first-order valence-electron chi connectivity index (χ1n) is 6.99. The summed E-state index contributed by atoms with van der Waals surface area (Å²) in [7, 11) is 0. The Bertz CT molecular complexity index is 892. The largest absolute Gasteiger partial charge is 0.333 e. The Labute approximate surface area is 157 Å². The summed E-state index contributed by atoms with van der Waals surface area (Å²) in [4.78, 5) is 19.9. The Morgan fingerprint density at radius 3 is 2.54 bits per heavy atom. The average Bonchev–Trinajstić information content (AvgIpc) is 2.87. The molecule has 1 atom stereocenters. The number of rotatable bonds is 4. The number of amides is 1. The highest BCUT2D eigenvalue weighted by Gasteiger charge is 2.17. The molecule has 0 radical (unpaired) electrons. The van der Waals surface area contributed by atoms with Gasteiger partial charge in [-0.25, -0.2) is 4.98 Å². The number of halogens is 3. The summed E-state index contributed by atoms with van der Waals surface area (Å²) < 4.78 is 0. The summed E-state index contributed by atoms with van der Waals surface area (Å²) in [5.41, 5.74) is 2.19. The summed E-state index contributed by atoms with van der Waals surface area (Å²) in [5, 5.41) is 4.65. The number of hydrogen-bond acceptors (Lipinski definition) is 3. The first kappa shape index (κ1) is 17.4. The monoisotopic (exact) mass is 399 g/mol. The fourth-order valence-corrected chi connectivity index (χ4v) is 3.62. The Morgan fingerprint density at radius 1 is 1.12 bits per heavy atom. The lowest BCUT2D eigenvalue weighted by Crippen LogP contribution is -2.22. The zero-order valence-corrected chi connectivity index (χ0v) is 15.5. The molecule has 2 aromatic carbocycles. The molecule has 3 rings (SSSR count). The first-order valence-corrected chi connectivity index (χ1v) is 9.01. The predicted molar refractivity (Wildman–Crippen MR) is 102 cm³/mol. The average molecular weight is 401 g/mol. The third-order valence-electron chi connectivity index (χ3n) is 3.21. The van der Waals surface area contributed by atoms with E-state index in [2.05, 4.69) is 15.3 Å². The van der Waals surface area contributed by atoms with Gasteiger partial charge in [-0.2, -0.15) is 0 Å². The van der Waals surface area contributed by atoms with Crippen LogP contribution in [0.2, 0.25) is 15.1 Å². The number of imidazole rings is 1. The molecule has 1 aromatic heterocycles. The van der Waals surface area contributed by atoms with E-state index in [4.69, 9.17) is 34.8 Å². The molecule has 0 saturated carbocycles. The van der Waals surface area contributed by atoms with Crippen LogP contribution in [0.25, 0.3) is 11.0 Å². The molecule has 0 fully saturated rings. The van der Waals surface area contributed by atoms with Gasteiger partial charge in [0, 0.05) is 20.8 Å². The van der Waals surface area contributed by atoms with Gasteiger partial charge in [0.2, 0.25) is 5.91 Å². The number of H-pyrrole nitrogens is 1. The van der Waals surface area contributed by atoms with E-state index in [0.29, 0.717) is 25.9 Å². The quantitative estimate of drug-likeness (QED) is 0.557. The number of carbonyl (C=O) groups is 1. The maximum atomic E-state index is 12.3. The molecule has 0 bridgehead atoms. The molecule has 3 aromatic rings. The Morgan fingerprint density at radius 2 is 1.83 bits per heavy atom. The van der Waals surface area contributed by atoms with Gasteiger partial charge in [-0.1, -0.05) is 46.6 Å². The van der Waals surface area contributed by atoms with Crippen LogP contribution in [0.4, 0.5) is 5.69 Å². The molecule has 0 saturated heterocycles. The predicted octanol–water partition coefficient (Wildman–Crippen LogP) is 5.64. The smallest absolute Gasteiger partial charge is 0.237 e. The number of anilines is 1. The zero-order valence-electron chi connectivity index (χ0n) is 12.4. The van der Waals surface area contributed by atoms with E-state index in [1.807, 2.05) is 6.07 Å². The van der Waals surface area contributed by atoms with Crippen molar-refractivity contribution in [3.8, 4) is 0 Å². The molecule has 0 aliphatic rings. The molecule has 0 aliphatic carbocycles. The second-order valence-electron chi connectivity index (χ2n) is 5.11. The van der Waals surface area contributed by atoms with Crippen molar-refractivity contribution in [3.05, 3.63) is 51.5 Å². The maximum absolute atomic E-state index is 12.3. The van der Waals surface area contributed by atoms with E-state index in [-0.39, 0.29) is 11.2 Å². The van der Waals surface area contributed by atoms with Crippen LogP contribution in [0, 0.1) is 0 Å². The fourth-order valence-electron chi connectivity index (χ4n) is 2.11. The second-order valence-corrected chi connectivity index (χ2v) is 7.75. The van der Waals surface area contributed by atoms with Crippen molar-refractivity contribution in [2.75, 3.05) is 5.32 Å². The number of aromatic amines is 1. The van der Waals surface area contributed by atoms with Crippen molar-refractivity contribution >= 4 is 69.2 Å². The van der Waals surface area contributed by atoms with Crippen LogP contribution in [-0.4, -0.2) is 21.1 Å². The number of hydrogen-bond donors (Lipinski definition) is 2. The molecule has 8 heteroatoms. The van der Waals surface area contributed by atoms with Crippen molar-refractivity contribution < 1.29 is 4.79 Å². The van der Waals surface area contributed by atoms with Gasteiger partial charge >= 0.3 is 0 Å². The number of aromatic nitrogens is 2. The van der Waals surface area contributed by atoms with E-state index in [0.717, 1.165) is 11.0 Å². The highest BCUT2D eigenvalue weighted by atomic mass is 35.5. The molecule has 0 unspecified atom stereocenters. The molecule has 24 heavy (non-hydrogen) atoms. The molecule has 0 spiro atoms. The maximum Gasteiger partial charge on any atom is 0.237 e. The summed E-state index contributed by atoms with van der Waals surface area (Å²) in [6, 6.07) is 10.3. The van der Waals surface area contributed by atoms with Gasteiger partial charge in [-0.15, -0.1) is 0 Å². The number of nitrogens with zero attached hydrogens (tertiary/aromatic N) is 1. The minimum Gasteiger partial charge on any atom is -0.333 e. The van der Waals surface area contributed by atoms with Crippen LogP contribution in [0.3, 0.4) is 0 Å². The van der Waals surface area contributed by atoms with Crippen LogP contribution >= 0.6 is 46.6 Å². The van der Waals surface area contributed by atoms with Crippen LogP contribution in [0.5, 0.6) is 0 Å². The summed E-state index contributed by atoms with van der Waals surface area (Å²) in [6.07, 6.45) is 0. The van der Waals surface area contributed by atoms with Gasteiger partial charge < -0.3 is 10.3 Å². The van der Waals surface area contributed by atoms with Crippen LogP contribution in [0.1, 0.15) is 6.92 Å². The second kappa shape index (κ2) is 7.23. The number of nitrogens with one attached hydrogen (secondary N) is 2. The summed E-state index contributed by atoms with van der Waals surface area (Å²) in [6.45, 7) is 1.80. The van der Waals surface area contributed by atoms with E-state index < -0.39 is 0 Å². The van der Waals surface area contributed by atoms with Crippen LogP contribution < -0.4 is 5.32 Å². The van der Waals surface area contributed by atoms with E-state index in [1.54, 1.807) is 37.3 Å². The molecule has 1 amide bonds. The van der Waals surface area contributed by atoms with Crippen LogP contribution in [0.15, 0.2) is 41.6 Å². The molecule has 124 valence electrons. The van der Waals surface area contributed by atoms with E-state index in [9.17, 15) is 4.79 Å². The number of carbonyl (C=O) groups excluding carboxylic acids is 1. The molecule has 1 heterocycles. The molecular formula is C16H12Cl3N3OS. The SMILES string of the molecule is C[C@@H](Sc1nc2ccc(Cl)cc2[nH]1)C(=O)Nc1cc(Cl)cc(Cl)c1. The van der Waals surface area contributed by atoms with Crippen molar-refractivity contribution in [1.29, 1.82) is 0 Å². The highest BCUT2D eigenvalue weighted by Crippen LogP contribution is 2.27. The lowest BCUT2D eigenvalue weighted by atomic mass is 10.3. The van der Waals surface area contributed by atoms with Gasteiger partial charge in [-0.05, 0) is 43.3 Å². The standard InChI is InChI=1S/C16H12Cl3N3OS/c1-8(15(23)20-12-5-10(18)4-11(19)6-12)24-16-21-13-3-2-9(17)7-14(13)22-16/h2-8H,1H3,(H,20,23)(H,21,22)/t8-/m1/s1. The minimum atomic E-state index is -0.362. The number of fused-ring (bicyclic) bond motifs is 1. The number of benzene rings is 2. The Balaban J connectivity index is 1.70. The van der Waals surface area contributed by atoms with Crippen molar-refractivity contribution in [3.63, 3.8) is 0 Å². The third-order valence-corrected chi connectivity index (χ3v) is 4.87. The molecular weight excluding hydrogens is 389 g/mol. The van der Waals surface area contributed by atoms with Gasteiger partial charge in [0.1, 0.15) is 0 Å². The van der Waals surface area contributed by atoms with Gasteiger partial charge in [0.25, 0.3) is 0 Å². The van der Waals surface area contributed by atoms with Crippen LogP contribution in [-0.2, 0) is 4.79 Å². The van der Waals surface area contributed by atoms with E-state index in [1.165, 1.54) is 11.8 Å². The van der Waals surface area contributed by atoms with Gasteiger partial charge in [0.05, 0.1) is 16.3 Å². The zero-order chi connectivity index (χ0) is 17.3. The van der Waals surface area contributed by atoms with Crippen molar-refractivity contribution in [2.45, 2.75) is 17.3 Å². The fraction of sp³-hybridized carbons (Fsp3) is 0.125. The van der Waals surface area contributed by atoms with E-state index >= 15 is 0 Å². The topological polar surface area (TPSA) is 57.8 Å². The molecule has 4 nitrogen and oxygen atoms in total. The van der Waals surface area contributed by atoms with Crippen molar-refractivity contribution in [1.82, 2.24) is 9.97 Å². The normalized spacial score (nSPS) is 12.3. The first-order chi connectivity index (χ1) is 11.4. The lowest BCUT2D eigenvalue weighted by Gasteiger charge is -2.11. The Hall–Kier alpha value is -1.40. The summed E-state index contributed by atoms with van der Waals surface area (Å²) >= 11 is 19.2. The van der Waals surface area contributed by atoms with Gasteiger partial charge in [-0.3, -0.25) is 4.79 Å². The van der Waals surface area contributed by atoms with Crippen molar-refractivity contribution in [2.24, 2.45) is 0 Å².